The lowest BCUT2D eigenvalue weighted by atomic mass is 10.1. The van der Waals surface area contributed by atoms with Crippen molar-refractivity contribution in [3.8, 4) is 0 Å². The second-order valence-electron chi connectivity index (χ2n) is 8.72. The van der Waals surface area contributed by atoms with Crippen molar-refractivity contribution >= 4 is 5.91 Å². The zero-order chi connectivity index (χ0) is 19.7. The van der Waals surface area contributed by atoms with Crippen molar-refractivity contribution in [3.05, 3.63) is 11.4 Å². The minimum atomic E-state index is 0.0505. The number of ether oxygens (including phenoxy) is 1. The molecule has 3 atom stereocenters. The van der Waals surface area contributed by atoms with E-state index in [0.717, 1.165) is 70.6 Å². The summed E-state index contributed by atoms with van der Waals surface area (Å²) in [6.07, 6.45) is 4.71. The number of carbonyl (C=O) groups is 1. The molecule has 8 nitrogen and oxygen atoms in total. The second kappa shape index (κ2) is 8.47. The smallest absolute Gasteiger partial charge is 0.276 e. The van der Waals surface area contributed by atoms with Crippen LogP contribution in [0.15, 0.2) is 0 Å². The number of piperidine rings is 1. The first-order chi connectivity index (χ1) is 13.5. The van der Waals surface area contributed by atoms with Crippen LogP contribution in [0.25, 0.3) is 0 Å². The van der Waals surface area contributed by atoms with Crippen LogP contribution >= 0.6 is 0 Å². The topological polar surface area (TPSA) is 75.5 Å². The number of carbonyl (C=O) groups excluding carboxylic acids is 1. The van der Waals surface area contributed by atoms with Crippen LogP contribution in [0.3, 0.4) is 0 Å². The van der Waals surface area contributed by atoms with Gasteiger partial charge in [-0.3, -0.25) is 9.69 Å². The number of rotatable bonds is 4. The highest BCUT2D eigenvalue weighted by Gasteiger charge is 2.35. The fourth-order valence-electron chi connectivity index (χ4n) is 5.10. The number of hydrogen-bond acceptors (Lipinski definition) is 6. The zero-order valence-corrected chi connectivity index (χ0v) is 17.4. The molecule has 8 heteroatoms. The van der Waals surface area contributed by atoms with E-state index < -0.39 is 0 Å². The first-order valence-electron chi connectivity index (χ1n) is 10.8. The van der Waals surface area contributed by atoms with Gasteiger partial charge in [0.2, 0.25) is 0 Å². The number of morpholine rings is 1. The quantitative estimate of drug-likeness (QED) is 0.833. The Morgan fingerprint density at radius 3 is 2.61 bits per heavy atom. The molecule has 28 heavy (non-hydrogen) atoms. The Morgan fingerprint density at radius 1 is 1.18 bits per heavy atom. The van der Waals surface area contributed by atoms with Gasteiger partial charge in [-0.25, -0.2) is 4.68 Å². The lowest BCUT2D eigenvalue weighted by Gasteiger charge is -2.38. The highest BCUT2D eigenvalue weighted by atomic mass is 16.5. The molecule has 4 rings (SSSR count). The lowest BCUT2D eigenvalue weighted by molar-refractivity contribution is -0.0715. The summed E-state index contributed by atoms with van der Waals surface area (Å²) < 4.78 is 7.83. The SMILES string of the molecule is Cc1c(C(=O)N2CCC[C@H]2CN2C[C@@H](C)O[C@@H](C)C2)nnn1C1CCNCC1. The highest BCUT2D eigenvalue weighted by Crippen LogP contribution is 2.25. The normalized spacial score (nSPS) is 30.1. The summed E-state index contributed by atoms with van der Waals surface area (Å²) in [7, 11) is 0. The maximum Gasteiger partial charge on any atom is 0.276 e. The number of likely N-dealkylation sites (tertiary alicyclic amines) is 1. The molecule has 1 amide bonds. The molecule has 0 unspecified atom stereocenters. The molecule has 1 aromatic heterocycles. The Bertz CT molecular complexity index is 676. The zero-order valence-electron chi connectivity index (χ0n) is 17.4. The van der Waals surface area contributed by atoms with Crippen LogP contribution < -0.4 is 5.32 Å². The summed E-state index contributed by atoms with van der Waals surface area (Å²) in [5.74, 6) is 0.0505. The molecule has 3 fully saturated rings. The van der Waals surface area contributed by atoms with E-state index in [2.05, 4.69) is 34.4 Å². The molecule has 156 valence electrons. The largest absolute Gasteiger partial charge is 0.373 e. The minimum absolute atomic E-state index is 0.0505. The van der Waals surface area contributed by atoms with E-state index in [1.54, 1.807) is 0 Å². The molecule has 0 aliphatic carbocycles. The van der Waals surface area contributed by atoms with Gasteiger partial charge in [-0.2, -0.15) is 0 Å². The number of hydrogen-bond donors (Lipinski definition) is 1. The summed E-state index contributed by atoms with van der Waals surface area (Å²) in [5, 5.41) is 12.0. The van der Waals surface area contributed by atoms with E-state index in [1.807, 2.05) is 16.5 Å². The van der Waals surface area contributed by atoms with Crippen LogP contribution in [0.4, 0.5) is 0 Å². The number of amides is 1. The lowest BCUT2D eigenvalue weighted by Crippen LogP contribution is -2.51. The molecule has 3 saturated heterocycles. The number of aromatic nitrogens is 3. The van der Waals surface area contributed by atoms with Gasteiger partial charge in [0.05, 0.1) is 23.9 Å². The monoisotopic (exact) mass is 390 g/mol. The van der Waals surface area contributed by atoms with E-state index in [-0.39, 0.29) is 24.2 Å². The molecule has 0 spiro atoms. The molecule has 1 aromatic rings. The fraction of sp³-hybridized carbons (Fsp3) is 0.850. The van der Waals surface area contributed by atoms with E-state index >= 15 is 0 Å². The summed E-state index contributed by atoms with van der Waals surface area (Å²) in [6.45, 7) is 11.9. The van der Waals surface area contributed by atoms with Crippen molar-refractivity contribution in [2.45, 2.75) is 70.7 Å². The third-order valence-electron chi connectivity index (χ3n) is 6.39. The Morgan fingerprint density at radius 2 is 1.89 bits per heavy atom. The van der Waals surface area contributed by atoms with E-state index in [0.29, 0.717) is 11.7 Å². The molecule has 4 heterocycles. The van der Waals surface area contributed by atoms with Gasteiger partial charge >= 0.3 is 0 Å². The Balaban J connectivity index is 1.44. The third kappa shape index (κ3) is 4.09. The van der Waals surface area contributed by atoms with E-state index in [1.165, 1.54) is 0 Å². The number of nitrogens with zero attached hydrogens (tertiary/aromatic N) is 5. The molecular weight excluding hydrogens is 356 g/mol. The standard InChI is InChI=1S/C20H34N6O2/c1-14-11-24(12-15(2)28-14)13-18-5-4-10-25(18)20(27)19-16(3)26(23-22-19)17-6-8-21-9-7-17/h14-15,17-18,21H,4-13H2,1-3H3/t14-,15+,18-/m0/s1. The maximum absolute atomic E-state index is 13.3. The van der Waals surface area contributed by atoms with Gasteiger partial charge in [0.25, 0.3) is 5.91 Å². The molecule has 1 N–H and O–H groups in total. The van der Waals surface area contributed by atoms with Gasteiger partial charge in [0, 0.05) is 32.2 Å². The average Bonchev–Trinajstić information content (AvgIpc) is 3.28. The fourth-order valence-corrected chi connectivity index (χ4v) is 5.10. The molecule has 0 bridgehead atoms. The predicted octanol–water partition coefficient (Wildman–Crippen LogP) is 1.22. The molecule has 0 saturated carbocycles. The van der Waals surface area contributed by atoms with Gasteiger partial charge < -0.3 is 15.0 Å². The van der Waals surface area contributed by atoms with Crippen LogP contribution in [0.5, 0.6) is 0 Å². The molecule has 3 aliphatic heterocycles. The van der Waals surface area contributed by atoms with Gasteiger partial charge in [-0.15, -0.1) is 5.10 Å². The van der Waals surface area contributed by atoms with Gasteiger partial charge in [0.15, 0.2) is 5.69 Å². The maximum atomic E-state index is 13.3. The van der Waals surface area contributed by atoms with Crippen molar-refractivity contribution < 1.29 is 9.53 Å². The van der Waals surface area contributed by atoms with Crippen LogP contribution in [0.1, 0.15) is 61.8 Å². The summed E-state index contributed by atoms with van der Waals surface area (Å²) in [5.41, 5.74) is 1.45. The van der Waals surface area contributed by atoms with Crippen molar-refractivity contribution in [3.63, 3.8) is 0 Å². The second-order valence-corrected chi connectivity index (χ2v) is 8.72. The minimum Gasteiger partial charge on any atom is -0.373 e. The van der Waals surface area contributed by atoms with Crippen LogP contribution in [-0.4, -0.2) is 88.2 Å². The third-order valence-corrected chi connectivity index (χ3v) is 6.39. The molecule has 0 aromatic carbocycles. The number of nitrogens with one attached hydrogen (secondary N) is 1. The summed E-state index contributed by atoms with van der Waals surface area (Å²) in [6, 6.07) is 0.606. The average molecular weight is 391 g/mol. The molecule has 3 aliphatic rings. The Labute approximate surface area is 167 Å². The van der Waals surface area contributed by atoms with Crippen molar-refractivity contribution in [2.75, 3.05) is 39.3 Å². The van der Waals surface area contributed by atoms with Crippen molar-refractivity contribution in [1.82, 2.24) is 30.1 Å². The first kappa shape index (κ1) is 19.8. The van der Waals surface area contributed by atoms with Crippen molar-refractivity contribution in [1.29, 1.82) is 0 Å². The van der Waals surface area contributed by atoms with Crippen LogP contribution in [-0.2, 0) is 4.74 Å². The van der Waals surface area contributed by atoms with E-state index in [4.69, 9.17) is 4.74 Å². The van der Waals surface area contributed by atoms with Gasteiger partial charge in [0.1, 0.15) is 0 Å². The Kier molecular flexibility index (Phi) is 5.99. The Hall–Kier alpha value is -1.51. The van der Waals surface area contributed by atoms with Crippen molar-refractivity contribution in [2.24, 2.45) is 0 Å². The highest BCUT2D eigenvalue weighted by molar-refractivity contribution is 5.93. The molecule has 0 radical (unpaired) electrons. The summed E-state index contributed by atoms with van der Waals surface area (Å²) in [4.78, 5) is 17.8. The summed E-state index contributed by atoms with van der Waals surface area (Å²) >= 11 is 0. The van der Waals surface area contributed by atoms with Crippen LogP contribution in [0, 0.1) is 6.92 Å². The predicted molar refractivity (Wildman–Crippen MR) is 106 cm³/mol. The van der Waals surface area contributed by atoms with Crippen LogP contribution in [0.2, 0.25) is 0 Å². The first-order valence-corrected chi connectivity index (χ1v) is 10.8. The molecular formula is C20H34N6O2. The van der Waals surface area contributed by atoms with Gasteiger partial charge in [-0.1, -0.05) is 5.21 Å². The van der Waals surface area contributed by atoms with Gasteiger partial charge in [-0.05, 0) is 59.5 Å². The van der Waals surface area contributed by atoms with E-state index in [9.17, 15) is 4.79 Å².